The topological polar surface area (TPSA) is 29.3 Å². The van der Waals surface area contributed by atoms with Gasteiger partial charge in [-0.15, -0.1) is 0 Å². The van der Waals surface area contributed by atoms with Crippen LogP contribution in [0, 0.1) is 0 Å². The lowest BCUT2D eigenvalue weighted by Gasteiger charge is -2.47. The van der Waals surface area contributed by atoms with E-state index in [1.54, 1.807) is 0 Å². The third-order valence-electron chi connectivity index (χ3n) is 5.71. The summed E-state index contributed by atoms with van der Waals surface area (Å²) in [6, 6.07) is 12.8. The molecule has 2 aliphatic rings. The van der Waals surface area contributed by atoms with Crippen LogP contribution >= 0.6 is 0 Å². The molecule has 2 heteroatoms. The molecule has 0 bridgehead atoms. The predicted octanol–water partition coefficient (Wildman–Crippen LogP) is 3.91. The van der Waals surface area contributed by atoms with Crippen molar-refractivity contribution >= 4 is 0 Å². The van der Waals surface area contributed by atoms with Crippen LogP contribution in [-0.2, 0) is 0 Å². The Balaban J connectivity index is 1.74. The minimum atomic E-state index is 0.372. The molecular formula is C19H30N2. The fraction of sp³-hybridized carbons (Fsp3) is 0.684. The number of nitrogens with two attached hydrogens (primary N) is 1. The Bertz CT molecular complexity index is 430. The molecule has 1 aliphatic carbocycles. The van der Waals surface area contributed by atoms with Gasteiger partial charge in [0.15, 0.2) is 0 Å². The molecule has 0 aromatic heterocycles. The summed E-state index contributed by atoms with van der Waals surface area (Å²) in [5.41, 5.74) is 8.04. The first kappa shape index (κ1) is 15.1. The number of benzene rings is 1. The summed E-state index contributed by atoms with van der Waals surface area (Å²) in [6.45, 7) is 3.60. The van der Waals surface area contributed by atoms with E-state index in [-0.39, 0.29) is 0 Å². The molecule has 4 atom stereocenters. The summed E-state index contributed by atoms with van der Waals surface area (Å²) in [6.07, 6.45) is 9.09. The maximum atomic E-state index is 6.53. The Morgan fingerprint density at radius 2 is 1.90 bits per heavy atom. The zero-order chi connectivity index (χ0) is 14.7. The van der Waals surface area contributed by atoms with E-state index in [1.807, 2.05) is 0 Å². The summed E-state index contributed by atoms with van der Waals surface area (Å²) < 4.78 is 0. The van der Waals surface area contributed by atoms with Gasteiger partial charge in [-0.05, 0) is 56.6 Å². The van der Waals surface area contributed by atoms with E-state index in [1.165, 1.54) is 57.1 Å². The number of nitrogens with zero attached hydrogens (tertiary/aromatic N) is 1. The number of likely N-dealkylation sites (tertiary alicyclic amines) is 1. The van der Waals surface area contributed by atoms with Crippen LogP contribution in [-0.4, -0.2) is 29.6 Å². The fourth-order valence-corrected chi connectivity index (χ4v) is 4.48. The third kappa shape index (κ3) is 3.32. The number of hydrogen-bond acceptors (Lipinski definition) is 2. The van der Waals surface area contributed by atoms with Crippen molar-refractivity contribution in [3.05, 3.63) is 35.9 Å². The first-order chi connectivity index (χ1) is 10.3. The minimum absolute atomic E-state index is 0.372. The second-order valence-corrected chi connectivity index (χ2v) is 6.95. The summed E-state index contributed by atoms with van der Waals surface area (Å²) >= 11 is 0. The molecule has 0 amide bonds. The number of rotatable bonds is 3. The summed E-state index contributed by atoms with van der Waals surface area (Å²) in [7, 11) is 0. The van der Waals surface area contributed by atoms with Crippen molar-refractivity contribution in [1.82, 2.24) is 4.90 Å². The van der Waals surface area contributed by atoms with Crippen molar-refractivity contribution in [3.8, 4) is 0 Å². The van der Waals surface area contributed by atoms with Crippen LogP contribution in [0.2, 0.25) is 0 Å². The Morgan fingerprint density at radius 1 is 1.10 bits per heavy atom. The van der Waals surface area contributed by atoms with E-state index in [4.69, 9.17) is 5.73 Å². The van der Waals surface area contributed by atoms with E-state index in [9.17, 15) is 0 Å². The maximum Gasteiger partial charge on any atom is 0.0255 e. The van der Waals surface area contributed by atoms with Gasteiger partial charge in [-0.2, -0.15) is 0 Å². The van der Waals surface area contributed by atoms with Crippen molar-refractivity contribution in [2.45, 2.75) is 75.9 Å². The largest absolute Gasteiger partial charge is 0.326 e. The van der Waals surface area contributed by atoms with Gasteiger partial charge in [0.05, 0.1) is 0 Å². The van der Waals surface area contributed by atoms with E-state index >= 15 is 0 Å². The van der Waals surface area contributed by atoms with Gasteiger partial charge in [0.25, 0.3) is 0 Å². The van der Waals surface area contributed by atoms with Crippen molar-refractivity contribution in [1.29, 1.82) is 0 Å². The van der Waals surface area contributed by atoms with E-state index in [2.05, 4.69) is 42.2 Å². The van der Waals surface area contributed by atoms with Crippen LogP contribution in [0.4, 0.5) is 0 Å². The van der Waals surface area contributed by atoms with Gasteiger partial charge in [-0.3, -0.25) is 4.90 Å². The summed E-state index contributed by atoms with van der Waals surface area (Å²) in [5, 5.41) is 0. The van der Waals surface area contributed by atoms with Gasteiger partial charge in [0.2, 0.25) is 0 Å². The highest BCUT2D eigenvalue weighted by Gasteiger charge is 2.36. The second-order valence-electron chi connectivity index (χ2n) is 6.95. The highest BCUT2D eigenvalue weighted by atomic mass is 15.2. The maximum absolute atomic E-state index is 6.53. The highest BCUT2D eigenvalue weighted by molar-refractivity contribution is 5.21. The molecule has 2 N–H and O–H groups in total. The standard InChI is InChI=1S/C19H30N2/c1-2-17-10-6-7-13-21(17)19-14-16(11-12-18(19)20)15-8-4-3-5-9-15/h3-5,8-9,16-19H,2,6-7,10-14,20H2,1H3. The normalized spacial score (nSPS) is 34.8. The van der Waals surface area contributed by atoms with Gasteiger partial charge in [0.1, 0.15) is 0 Å². The lowest BCUT2D eigenvalue weighted by Crippen LogP contribution is -2.55. The molecule has 1 heterocycles. The molecule has 1 saturated carbocycles. The Hall–Kier alpha value is -0.860. The smallest absolute Gasteiger partial charge is 0.0255 e. The first-order valence-electron chi connectivity index (χ1n) is 8.86. The number of hydrogen-bond donors (Lipinski definition) is 1. The first-order valence-corrected chi connectivity index (χ1v) is 8.86. The Kier molecular flexibility index (Phi) is 4.97. The van der Waals surface area contributed by atoms with Gasteiger partial charge in [0, 0.05) is 18.1 Å². The SMILES string of the molecule is CCC1CCCCN1C1CC(c2ccccc2)CCC1N. The van der Waals surface area contributed by atoms with Gasteiger partial charge < -0.3 is 5.73 Å². The highest BCUT2D eigenvalue weighted by Crippen LogP contribution is 2.37. The fourth-order valence-electron chi connectivity index (χ4n) is 4.48. The van der Waals surface area contributed by atoms with Crippen molar-refractivity contribution in [2.75, 3.05) is 6.54 Å². The zero-order valence-electron chi connectivity index (χ0n) is 13.4. The molecule has 2 nitrogen and oxygen atoms in total. The van der Waals surface area contributed by atoms with Crippen molar-refractivity contribution in [3.63, 3.8) is 0 Å². The Morgan fingerprint density at radius 3 is 2.67 bits per heavy atom. The average Bonchev–Trinajstić information content (AvgIpc) is 2.56. The summed E-state index contributed by atoms with van der Waals surface area (Å²) in [4.78, 5) is 2.77. The average molecular weight is 286 g/mol. The van der Waals surface area contributed by atoms with Crippen molar-refractivity contribution in [2.24, 2.45) is 5.73 Å². The van der Waals surface area contributed by atoms with Gasteiger partial charge >= 0.3 is 0 Å². The number of piperidine rings is 1. The van der Waals surface area contributed by atoms with E-state index < -0.39 is 0 Å². The molecule has 3 rings (SSSR count). The molecular weight excluding hydrogens is 256 g/mol. The molecule has 21 heavy (non-hydrogen) atoms. The van der Waals surface area contributed by atoms with Crippen LogP contribution in [0.25, 0.3) is 0 Å². The molecule has 1 aliphatic heterocycles. The van der Waals surface area contributed by atoms with Crippen LogP contribution in [0.3, 0.4) is 0 Å². The van der Waals surface area contributed by atoms with Crippen LogP contribution in [0.15, 0.2) is 30.3 Å². The van der Waals surface area contributed by atoms with E-state index in [0.717, 1.165) is 6.04 Å². The second kappa shape index (κ2) is 6.93. The molecule has 1 saturated heterocycles. The van der Waals surface area contributed by atoms with Crippen LogP contribution in [0.1, 0.15) is 63.4 Å². The Labute approximate surface area is 129 Å². The molecule has 1 aromatic rings. The molecule has 2 fully saturated rings. The molecule has 0 radical (unpaired) electrons. The lowest BCUT2D eigenvalue weighted by atomic mass is 9.77. The summed E-state index contributed by atoms with van der Waals surface area (Å²) in [5.74, 6) is 0.704. The molecule has 0 spiro atoms. The molecule has 116 valence electrons. The monoisotopic (exact) mass is 286 g/mol. The van der Waals surface area contributed by atoms with Crippen LogP contribution in [0.5, 0.6) is 0 Å². The van der Waals surface area contributed by atoms with Gasteiger partial charge in [-0.25, -0.2) is 0 Å². The molecule has 4 unspecified atom stereocenters. The molecule has 1 aromatic carbocycles. The third-order valence-corrected chi connectivity index (χ3v) is 5.71. The lowest BCUT2D eigenvalue weighted by molar-refractivity contribution is 0.0539. The quantitative estimate of drug-likeness (QED) is 0.912. The van der Waals surface area contributed by atoms with Crippen molar-refractivity contribution < 1.29 is 0 Å². The van der Waals surface area contributed by atoms with Crippen LogP contribution < -0.4 is 5.73 Å². The zero-order valence-corrected chi connectivity index (χ0v) is 13.4. The van der Waals surface area contributed by atoms with E-state index in [0.29, 0.717) is 18.0 Å². The minimum Gasteiger partial charge on any atom is -0.326 e. The predicted molar refractivity (Wildman–Crippen MR) is 89.4 cm³/mol. The van der Waals surface area contributed by atoms with Gasteiger partial charge in [-0.1, -0.05) is 43.7 Å².